The Morgan fingerprint density at radius 3 is 1.50 bits per heavy atom. The van der Waals surface area contributed by atoms with Crippen LogP contribution in [0.2, 0.25) is 10.0 Å². The van der Waals surface area contributed by atoms with Gasteiger partial charge < -0.3 is 21.2 Å². The van der Waals surface area contributed by atoms with Gasteiger partial charge in [0.25, 0.3) is 0 Å². The third-order valence-electron chi connectivity index (χ3n) is 7.22. The van der Waals surface area contributed by atoms with Crippen LogP contribution in [-0.2, 0) is 18.0 Å². The zero-order chi connectivity index (χ0) is 31.3. The third-order valence-corrected chi connectivity index (χ3v) is 7.69. The molecule has 0 fully saturated rings. The molecule has 0 spiro atoms. The van der Waals surface area contributed by atoms with Crippen LogP contribution in [0, 0.1) is 0 Å². The minimum Gasteiger partial charge on any atom is -1.00 e. The minimum absolute atomic E-state index is 0. The Labute approximate surface area is 298 Å². The van der Waals surface area contributed by atoms with Crippen LogP contribution in [0.15, 0.2) is 114 Å². The van der Waals surface area contributed by atoms with Crippen molar-refractivity contribution in [2.75, 3.05) is 0 Å². The summed E-state index contributed by atoms with van der Waals surface area (Å²) in [6.07, 6.45) is 0. The molecular weight excluding hydrogens is 636 g/mol. The zero-order valence-electron chi connectivity index (χ0n) is 25.6. The molecule has 0 radical (unpaired) electrons. The van der Waals surface area contributed by atoms with Crippen molar-refractivity contribution in [3.8, 4) is 11.5 Å². The Balaban J connectivity index is 0.00000250. The molecule has 4 aromatic carbocycles. The first-order valence-corrected chi connectivity index (χ1v) is 14.6. The van der Waals surface area contributed by atoms with Gasteiger partial charge in [-0.15, -0.1) is 0 Å². The van der Waals surface area contributed by atoms with E-state index < -0.39 is 17.6 Å². The molecule has 0 aliphatic carbocycles. The number of nitrogens with zero attached hydrogens (tertiary/aromatic N) is 3. The number of carboxylic acid groups (broad SMARTS) is 1. The van der Waals surface area contributed by atoms with Gasteiger partial charge >= 0.3 is 35.5 Å². The second-order valence-corrected chi connectivity index (χ2v) is 11.1. The van der Waals surface area contributed by atoms with Crippen LogP contribution in [0.1, 0.15) is 29.9 Å². The number of oxime groups is 1. The van der Waals surface area contributed by atoms with E-state index in [1.807, 2.05) is 48.5 Å². The molecule has 2 heterocycles. The van der Waals surface area contributed by atoms with Crippen molar-refractivity contribution in [2.24, 2.45) is 5.16 Å². The van der Waals surface area contributed by atoms with Crippen molar-refractivity contribution in [3.63, 3.8) is 0 Å². The molecule has 11 heteroatoms. The van der Waals surface area contributed by atoms with Gasteiger partial charge in [-0.25, -0.2) is 14.8 Å². The first kappa shape index (κ1) is 33.2. The number of hydrogen-bond donors (Lipinski definition) is 2. The molecule has 0 aliphatic heterocycles. The second kappa shape index (κ2) is 14.9. The Hall–Kier alpha value is -4.18. The van der Waals surface area contributed by atoms with E-state index in [-0.39, 0.29) is 44.2 Å². The summed E-state index contributed by atoms with van der Waals surface area (Å²) in [6.45, 7) is 0.460. The van der Waals surface area contributed by atoms with Gasteiger partial charge in [0, 0.05) is 20.8 Å². The van der Waals surface area contributed by atoms with E-state index in [9.17, 15) is 15.1 Å². The van der Waals surface area contributed by atoms with E-state index in [0.29, 0.717) is 32.7 Å². The summed E-state index contributed by atoms with van der Waals surface area (Å²) < 4.78 is 11.9. The molecule has 0 unspecified atom stereocenters. The quantitative estimate of drug-likeness (QED) is 0.0873. The molecule has 0 amide bonds. The Morgan fingerprint density at radius 1 is 0.696 bits per heavy atom. The Morgan fingerprint density at radius 2 is 1.11 bits per heavy atom. The van der Waals surface area contributed by atoms with Crippen molar-refractivity contribution < 1.29 is 55.6 Å². The van der Waals surface area contributed by atoms with Gasteiger partial charge in [0.1, 0.15) is 24.7 Å². The molecular formula is C35H26Cl2N3NaO5. The van der Waals surface area contributed by atoms with Gasteiger partial charge in [0.05, 0.1) is 28.3 Å². The number of fused-ring (bicyclic) bond motifs is 2. The van der Waals surface area contributed by atoms with Crippen LogP contribution in [0.3, 0.4) is 0 Å². The number of ether oxygens (including phenoxy) is 2. The average molecular weight is 663 g/mol. The average Bonchev–Trinajstić information content (AvgIpc) is 3.05. The summed E-state index contributed by atoms with van der Waals surface area (Å²) in [6, 6.07) is 32.6. The van der Waals surface area contributed by atoms with Crippen molar-refractivity contribution in [1.29, 1.82) is 0 Å². The van der Waals surface area contributed by atoms with Gasteiger partial charge in [0.2, 0.25) is 0 Å². The van der Waals surface area contributed by atoms with Crippen LogP contribution in [0.25, 0.3) is 21.8 Å². The molecule has 46 heavy (non-hydrogen) atoms. The minimum atomic E-state index is -1.34. The first-order valence-electron chi connectivity index (χ1n) is 13.9. The number of halogens is 2. The van der Waals surface area contributed by atoms with E-state index in [2.05, 4.69) is 15.1 Å². The topological polar surface area (TPSA) is 114 Å². The number of aliphatic carboxylic acids is 1. The fourth-order valence-electron chi connectivity index (χ4n) is 4.99. The number of carbonyl (C=O) groups is 1. The SMILES string of the molecule is O=C(O)/C(=N\O)C(c1ccc(OCc2ccc3ccc(Cl)cc3n2)cc1)c1ccc(OCc2ccc3ccc(Cl)cc3n2)cc1.[H-].[Na+]. The van der Waals surface area contributed by atoms with Gasteiger partial charge in [-0.1, -0.05) is 76.9 Å². The molecule has 6 aromatic rings. The number of benzene rings is 4. The molecule has 226 valence electrons. The molecule has 6 rings (SSSR count). The summed E-state index contributed by atoms with van der Waals surface area (Å²) in [5.74, 6) is -1.06. The molecule has 8 nitrogen and oxygen atoms in total. The monoisotopic (exact) mass is 661 g/mol. The zero-order valence-corrected chi connectivity index (χ0v) is 28.1. The number of carboxylic acids is 1. The normalized spacial score (nSPS) is 11.4. The fraction of sp³-hybridized carbons (Fsp3) is 0.0857. The van der Waals surface area contributed by atoms with Gasteiger partial charge in [0.15, 0.2) is 5.71 Å². The van der Waals surface area contributed by atoms with E-state index in [4.69, 9.17) is 32.7 Å². The smallest absolute Gasteiger partial charge is 1.00 e. The maximum Gasteiger partial charge on any atom is 1.00 e. The predicted molar refractivity (Wildman–Crippen MR) is 175 cm³/mol. The summed E-state index contributed by atoms with van der Waals surface area (Å²) in [4.78, 5) is 21.2. The maximum atomic E-state index is 12.0. The summed E-state index contributed by atoms with van der Waals surface area (Å²) in [5, 5.41) is 25.7. The van der Waals surface area contributed by atoms with Crippen LogP contribution in [0.5, 0.6) is 11.5 Å². The molecule has 0 saturated carbocycles. The van der Waals surface area contributed by atoms with Gasteiger partial charge in [-0.2, -0.15) is 0 Å². The Bertz CT molecular complexity index is 1910. The van der Waals surface area contributed by atoms with Crippen LogP contribution < -0.4 is 39.0 Å². The molecule has 0 aliphatic rings. The van der Waals surface area contributed by atoms with Crippen LogP contribution in [0.4, 0.5) is 0 Å². The van der Waals surface area contributed by atoms with E-state index >= 15 is 0 Å². The summed E-state index contributed by atoms with van der Waals surface area (Å²) in [5.41, 5.74) is 3.80. The van der Waals surface area contributed by atoms with Crippen molar-refractivity contribution in [1.82, 2.24) is 9.97 Å². The van der Waals surface area contributed by atoms with Crippen LogP contribution >= 0.6 is 23.2 Å². The molecule has 0 bridgehead atoms. The van der Waals surface area contributed by atoms with Crippen molar-refractivity contribution >= 4 is 56.7 Å². The fourth-order valence-corrected chi connectivity index (χ4v) is 5.32. The largest absolute Gasteiger partial charge is 1.00 e. The van der Waals surface area contributed by atoms with Gasteiger partial charge in [-0.3, -0.25) is 0 Å². The number of pyridine rings is 2. The van der Waals surface area contributed by atoms with Crippen molar-refractivity contribution in [2.45, 2.75) is 19.1 Å². The maximum absolute atomic E-state index is 12.0. The number of aromatic nitrogens is 2. The van der Waals surface area contributed by atoms with Crippen LogP contribution in [-0.4, -0.2) is 32.0 Å². The van der Waals surface area contributed by atoms with Gasteiger partial charge in [-0.05, 0) is 71.8 Å². The van der Waals surface area contributed by atoms with E-state index in [1.165, 1.54) is 0 Å². The first-order chi connectivity index (χ1) is 21.9. The summed E-state index contributed by atoms with van der Waals surface area (Å²) in [7, 11) is 0. The van der Waals surface area contributed by atoms with Crippen molar-refractivity contribution in [3.05, 3.63) is 142 Å². The molecule has 2 N–H and O–H groups in total. The molecule has 0 atom stereocenters. The molecule has 2 aromatic heterocycles. The van der Waals surface area contributed by atoms with E-state index in [1.54, 1.807) is 60.7 Å². The number of rotatable bonds is 10. The second-order valence-electron chi connectivity index (χ2n) is 10.2. The Kier molecular flexibility index (Phi) is 10.8. The predicted octanol–water partition coefficient (Wildman–Crippen LogP) is 5.41. The third kappa shape index (κ3) is 7.78. The molecule has 0 saturated heterocycles. The number of hydrogen-bond acceptors (Lipinski definition) is 7. The summed E-state index contributed by atoms with van der Waals surface area (Å²) >= 11 is 12.2. The standard InChI is InChI=1S/C35H25Cl2N3O5.Na.H/c36-25-9-1-21-3-11-27(38-31(21)17-25)19-44-29-13-5-23(6-14-29)33(34(40-43)35(41)42)24-7-15-30(16-8-24)45-20-28-12-4-22-2-10-26(37)18-32(22)39-28;;/h1-18,33,43H,19-20H2,(H,41,42);;/q;+1;-1/b40-34-;;. The van der Waals surface area contributed by atoms with E-state index in [0.717, 1.165) is 33.2 Å².